The normalized spacial score (nSPS) is 11.8. The Morgan fingerprint density at radius 3 is 2.26 bits per heavy atom. The number of methoxy groups -OCH3 is 3. The maximum Gasteiger partial charge on any atom is 0.408 e. The van der Waals surface area contributed by atoms with E-state index in [4.69, 9.17) is 14.2 Å². The summed E-state index contributed by atoms with van der Waals surface area (Å²) < 4.78 is 19.9. The molecule has 0 bridgehead atoms. The molecular formula is C16H23NO6. The lowest BCUT2D eigenvalue weighted by molar-refractivity contribution is -0.144. The van der Waals surface area contributed by atoms with Crippen LogP contribution in [0.5, 0.6) is 0 Å². The van der Waals surface area contributed by atoms with Crippen LogP contribution in [0.4, 0.5) is 4.79 Å². The predicted molar refractivity (Wildman–Crippen MR) is 82.6 cm³/mol. The van der Waals surface area contributed by atoms with E-state index in [1.54, 1.807) is 0 Å². The van der Waals surface area contributed by atoms with Crippen molar-refractivity contribution in [2.75, 3.05) is 21.3 Å². The first-order valence-electron chi connectivity index (χ1n) is 7.21. The van der Waals surface area contributed by atoms with Crippen LogP contribution >= 0.6 is 0 Å². The quantitative estimate of drug-likeness (QED) is 0.551. The molecule has 1 aromatic carbocycles. The number of hydrogen-bond donors (Lipinski definition) is 1. The minimum atomic E-state index is -0.823. The number of carbonyl (C=O) groups excluding carboxylic acids is 2. The molecule has 1 aromatic rings. The molecule has 1 rings (SSSR count). The topological polar surface area (TPSA) is 83.1 Å². The van der Waals surface area contributed by atoms with Crippen molar-refractivity contribution in [3.63, 3.8) is 0 Å². The van der Waals surface area contributed by atoms with Gasteiger partial charge in [0.15, 0.2) is 6.29 Å². The molecule has 0 aliphatic carbocycles. The van der Waals surface area contributed by atoms with Gasteiger partial charge in [-0.05, 0) is 12.0 Å². The van der Waals surface area contributed by atoms with Gasteiger partial charge in [-0.2, -0.15) is 0 Å². The van der Waals surface area contributed by atoms with Crippen molar-refractivity contribution in [2.45, 2.75) is 31.8 Å². The summed E-state index contributed by atoms with van der Waals surface area (Å²) in [7, 11) is 4.27. The van der Waals surface area contributed by atoms with Gasteiger partial charge in [0.05, 0.1) is 7.11 Å². The highest BCUT2D eigenvalue weighted by atomic mass is 16.7. The van der Waals surface area contributed by atoms with Crippen molar-refractivity contribution >= 4 is 12.1 Å². The molecule has 1 N–H and O–H groups in total. The lowest BCUT2D eigenvalue weighted by Gasteiger charge is -2.19. The number of amides is 1. The summed E-state index contributed by atoms with van der Waals surface area (Å²) in [6, 6.07) is 8.43. The number of rotatable bonds is 9. The van der Waals surface area contributed by atoms with Gasteiger partial charge in [0.2, 0.25) is 0 Å². The fraction of sp³-hybridized carbons (Fsp3) is 0.500. The zero-order valence-electron chi connectivity index (χ0n) is 13.6. The van der Waals surface area contributed by atoms with Crippen LogP contribution < -0.4 is 5.32 Å². The van der Waals surface area contributed by atoms with E-state index in [9.17, 15) is 9.59 Å². The highest BCUT2D eigenvalue weighted by Gasteiger charge is 2.23. The molecule has 0 saturated carbocycles. The third kappa shape index (κ3) is 7.12. The number of carbonyl (C=O) groups is 2. The Labute approximate surface area is 135 Å². The number of hydrogen-bond acceptors (Lipinski definition) is 6. The van der Waals surface area contributed by atoms with Crippen molar-refractivity contribution < 1.29 is 28.5 Å². The molecule has 23 heavy (non-hydrogen) atoms. The minimum absolute atomic E-state index is 0.124. The van der Waals surface area contributed by atoms with Crippen molar-refractivity contribution in [1.29, 1.82) is 0 Å². The van der Waals surface area contributed by atoms with Crippen LogP contribution in [0.1, 0.15) is 18.4 Å². The van der Waals surface area contributed by atoms with Gasteiger partial charge < -0.3 is 24.3 Å². The highest BCUT2D eigenvalue weighted by molar-refractivity contribution is 5.81. The Balaban J connectivity index is 2.48. The van der Waals surface area contributed by atoms with Gasteiger partial charge in [-0.3, -0.25) is 0 Å². The van der Waals surface area contributed by atoms with Crippen LogP contribution in [0.3, 0.4) is 0 Å². The molecule has 1 amide bonds. The average molecular weight is 325 g/mol. The molecule has 0 fully saturated rings. The molecule has 0 aromatic heterocycles. The van der Waals surface area contributed by atoms with Gasteiger partial charge in [-0.25, -0.2) is 9.59 Å². The fourth-order valence-electron chi connectivity index (χ4n) is 1.93. The van der Waals surface area contributed by atoms with Crippen LogP contribution in [0, 0.1) is 0 Å². The second-order valence-electron chi connectivity index (χ2n) is 4.76. The van der Waals surface area contributed by atoms with Crippen LogP contribution in [0.25, 0.3) is 0 Å². The predicted octanol–water partition coefficient (Wildman–Crippen LogP) is 1.85. The monoisotopic (exact) mass is 325 g/mol. The molecular weight excluding hydrogens is 302 g/mol. The molecule has 7 heteroatoms. The summed E-state index contributed by atoms with van der Waals surface area (Å²) in [5.74, 6) is -0.549. The van der Waals surface area contributed by atoms with Crippen molar-refractivity contribution in [2.24, 2.45) is 0 Å². The first-order chi connectivity index (χ1) is 11.1. The third-order valence-corrected chi connectivity index (χ3v) is 3.21. The zero-order valence-corrected chi connectivity index (χ0v) is 13.6. The van der Waals surface area contributed by atoms with Crippen molar-refractivity contribution in [3.05, 3.63) is 35.9 Å². The van der Waals surface area contributed by atoms with Gasteiger partial charge in [-0.15, -0.1) is 0 Å². The Bertz CT molecular complexity index is 475. The summed E-state index contributed by atoms with van der Waals surface area (Å²) in [4.78, 5) is 23.6. The van der Waals surface area contributed by atoms with E-state index in [-0.39, 0.29) is 6.61 Å². The third-order valence-electron chi connectivity index (χ3n) is 3.21. The van der Waals surface area contributed by atoms with E-state index in [2.05, 4.69) is 10.1 Å². The number of benzene rings is 1. The second-order valence-corrected chi connectivity index (χ2v) is 4.76. The molecule has 0 saturated heterocycles. The van der Waals surface area contributed by atoms with E-state index in [0.717, 1.165) is 5.56 Å². The van der Waals surface area contributed by atoms with E-state index in [0.29, 0.717) is 12.8 Å². The molecule has 0 heterocycles. The number of ether oxygens (including phenoxy) is 4. The smallest absolute Gasteiger partial charge is 0.408 e. The van der Waals surface area contributed by atoms with Gasteiger partial charge in [0.25, 0.3) is 0 Å². The van der Waals surface area contributed by atoms with Crippen molar-refractivity contribution in [3.8, 4) is 0 Å². The van der Waals surface area contributed by atoms with E-state index >= 15 is 0 Å². The molecule has 0 unspecified atom stereocenters. The first kappa shape index (κ1) is 18.9. The second kappa shape index (κ2) is 10.6. The van der Waals surface area contributed by atoms with Crippen LogP contribution in [0.15, 0.2) is 30.3 Å². The zero-order chi connectivity index (χ0) is 17.1. The van der Waals surface area contributed by atoms with E-state index < -0.39 is 24.4 Å². The summed E-state index contributed by atoms with van der Waals surface area (Å²) in [6.45, 7) is 0.124. The first-order valence-corrected chi connectivity index (χ1v) is 7.21. The average Bonchev–Trinajstić information content (AvgIpc) is 2.60. The summed E-state index contributed by atoms with van der Waals surface area (Å²) in [5.41, 5.74) is 0.857. The van der Waals surface area contributed by atoms with Crippen molar-refractivity contribution in [1.82, 2.24) is 5.32 Å². The maximum absolute atomic E-state index is 11.8. The lowest BCUT2D eigenvalue weighted by atomic mass is 10.1. The van der Waals surface area contributed by atoms with E-state index in [1.807, 2.05) is 30.3 Å². The van der Waals surface area contributed by atoms with Gasteiger partial charge in [-0.1, -0.05) is 30.3 Å². The molecule has 0 radical (unpaired) electrons. The molecule has 1 atom stereocenters. The lowest BCUT2D eigenvalue weighted by Crippen LogP contribution is -2.42. The number of alkyl carbamates (subject to hydrolysis) is 1. The molecule has 7 nitrogen and oxygen atoms in total. The largest absolute Gasteiger partial charge is 0.467 e. The van der Waals surface area contributed by atoms with Crippen LogP contribution in [-0.2, 0) is 30.3 Å². The van der Waals surface area contributed by atoms with Gasteiger partial charge >= 0.3 is 12.1 Å². The molecule has 0 spiro atoms. The van der Waals surface area contributed by atoms with Crippen LogP contribution in [-0.4, -0.2) is 45.7 Å². The maximum atomic E-state index is 11.8. The van der Waals surface area contributed by atoms with E-state index in [1.165, 1.54) is 21.3 Å². The number of esters is 1. The number of nitrogens with one attached hydrogen (secondary N) is 1. The summed E-state index contributed by atoms with van der Waals surface area (Å²) in [5, 5.41) is 2.49. The highest BCUT2D eigenvalue weighted by Crippen LogP contribution is 2.08. The summed E-state index contributed by atoms with van der Waals surface area (Å²) >= 11 is 0. The Morgan fingerprint density at radius 1 is 1.04 bits per heavy atom. The standard InChI is InChI=1S/C16H23NO6/c1-20-14(21-2)10-9-13(15(18)22-3)17-16(19)23-11-12-7-5-4-6-8-12/h4-8,13-14H,9-11H2,1-3H3,(H,17,19)/t13-/m0/s1. The van der Waals surface area contributed by atoms with Gasteiger partial charge in [0, 0.05) is 20.6 Å². The molecule has 0 aliphatic heterocycles. The van der Waals surface area contributed by atoms with Crippen LogP contribution in [0.2, 0.25) is 0 Å². The minimum Gasteiger partial charge on any atom is -0.467 e. The Hall–Kier alpha value is -2.12. The van der Waals surface area contributed by atoms with Gasteiger partial charge in [0.1, 0.15) is 12.6 Å². The Morgan fingerprint density at radius 2 is 1.70 bits per heavy atom. The SMILES string of the molecule is COC(=O)[C@H](CCC(OC)OC)NC(=O)OCc1ccccc1. The molecule has 128 valence electrons. The Kier molecular flexibility index (Phi) is 8.71. The summed E-state index contributed by atoms with van der Waals surface area (Å²) in [6.07, 6.45) is -0.412. The molecule has 0 aliphatic rings. The fourth-order valence-corrected chi connectivity index (χ4v) is 1.93.